The number of Topliss-reactive ketones (excluding diaryl/α,β-unsaturated/α-hetero) is 1. The maximum Gasteiger partial charge on any atom is 0.231 e. The van der Waals surface area contributed by atoms with Gasteiger partial charge in [-0.05, 0) is 30.3 Å². The first-order chi connectivity index (χ1) is 8.13. The van der Waals surface area contributed by atoms with E-state index < -0.39 is 0 Å². The van der Waals surface area contributed by atoms with Crippen molar-refractivity contribution in [3.63, 3.8) is 0 Å². The second-order valence-electron chi connectivity index (χ2n) is 4.18. The van der Waals surface area contributed by atoms with Gasteiger partial charge in [-0.1, -0.05) is 6.92 Å². The van der Waals surface area contributed by atoms with E-state index in [0.29, 0.717) is 18.5 Å². The standard InChI is InChI=1S/C13H16N2O2/c1-3-14-8-12(16)9-4-5-11-10(6-9)7-13(17)15(11)2/h4-6,14H,3,7-8H2,1-2H3. The van der Waals surface area contributed by atoms with Crippen LogP contribution in [-0.2, 0) is 11.2 Å². The second kappa shape index (κ2) is 4.67. The number of ketones is 1. The Balaban J connectivity index is 2.21. The molecule has 0 unspecified atom stereocenters. The van der Waals surface area contributed by atoms with E-state index in [4.69, 9.17) is 0 Å². The van der Waals surface area contributed by atoms with E-state index in [2.05, 4.69) is 5.32 Å². The summed E-state index contributed by atoms with van der Waals surface area (Å²) < 4.78 is 0. The molecule has 17 heavy (non-hydrogen) atoms. The van der Waals surface area contributed by atoms with Crippen molar-refractivity contribution in [3.05, 3.63) is 29.3 Å². The van der Waals surface area contributed by atoms with Crippen LogP contribution in [-0.4, -0.2) is 31.8 Å². The molecule has 0 saturated heterocycles. The van der Waals surface area contributed by atoms with Gasteiger partial charge in [-0.2, -0.15) is 0 Å². The Bertz CT molecular complexity index is 468. The molecule has 0 atom stereocenters. The van der Waals surface area contributed by atoms with Gasteiger partial charge in [0.2, 0.25) is 5.91 Å². The lowest BCUT2D eigenvalue weighted by atomic mass is 10.1. The molecule has 1 aromatic rings. The van der Waals surface area contributed by atoms with Gasteiger partial charge in [0.1, 0.15) is 0 Å². The minimum atomic E-state index is 0.0663. The van der Waals surface area contributed by atoms with Crippen LogP contribution in [0.2, 0.25) is 0 Å². The number of likely N-dealkylation sites (N-methyl/N-ethyl adjacent to an activating group) is 2. The molecule has 0 bridgehead atoms. The Morgan fingerprint density at radius 1 is 1.47 bits per heavy atom. The van der Waals surface area contributed by atoms with Crippen molar-refractivity contribution < 1.29 is 9.59 Å². The molecule has 1 aromatic carbocycles. The van der Waals surface area contributed by atoms with Crippen molar-refractivity contribution >= 4 is 17.4 Å². The molecule has 0 saturated carbocycles. The molecule has 0 aliphatic carbocycles. The summed E-state index contributed by atoms with van der Waals surface area (Å²) >= 11 is 0. The molecule has 1 N–H and O–H groups in total. The third kappa shape index (κ3) is 2.22. The zero-order chi connectivity index (χ0) is 12.4. The third-order valence-corrected chi connectivity index (χ3v) is 3.01. The molecule has 1 heterocycles. The van der Waals surface area contributed by atoms with Crippen LogP contribution in [0.25, 0.3) is 0 Å². The minimum Gasteiger partial charge on any atom is -0.315 e. The summed E-state index contributed by atoms with van der Waals surface area (Å²) in [5, 5.41) is 3.00. The fourth-order valence-electron chi connectivity index (χ4n) is 1.98. The van der Waals surface area contributed by atoms with Crippen LogP contribution < -0.4 is 10.2 Å². The second-order valence-corrected chi connectivity index (χ2v) is 4.18. The van der Waals surface area contributed by atoms with Crippen LogP contribution in [0, 0.1) is 0 Å². The number of anilines is 1. The van der Waals surface area contributed by atoms with Crippen molar-refractivity contribution in [2.24, 2.45) is 0 Å². The van der Waals surface area contributed by atoms with Gasteiger partial charge in [0.05, 0.1) is 13.0 Å². The molecular formula is C13H16N2O2. The Hall–Kier alpha value is -1.68. The SMILES string of the molecule is CCNCC(=O)c1ccc2c(c1)CC(=O)N2C. The number of fused-ring (bicyclic) bond motifs is 1. The van der Waals surface area contributed by atoms with Crippen LogP contribution in [0.4, 0.5) is 5.69 Å². The first-order valence-electron chi connectivity index (χ1n) is 5.77. The predicted molar refractivity (Wildman–Crippen MR) is 66.4 cm³/mol. The number of hydrogen-bond donors (Lipinski definition) is 1. The molecule has 1 aliphatic rings. The fraction of sp³-hybridized carbons (Fsp3) is 0.385. The van der Waals surface area contributed by atoms with Gasteiger partial charge < -0.3 is 10.2 Å². The lowest BCUT2D eigenvalue weighted by molar-refractivity contribution is -0.117. The summed E-state index contributed by atoms with van der Waals surface area (Å²) in [4.78, 5) is 25.0. The number of hydrogen-bond acceptors (Lipinski definition) is 3. The number of amides is 1. The zero-order valence-electron chi connectivity index (χ0n) is 10.1. The monoisotopic (exact) mass is 232 g/mol. The Labute approximate surface area is 101 Å². The summed E-state index contributed by atoms with van der Waals surface area (Å²) in [6, 6.07) is 5.46. The molecule has 0 fully saturated rings. The van der Waals surface area contributed by atoms with E-state index in [1.807, 2.05) is 19.1 Å². The number of rotatable bonds is 4. The van der Waals surface area contributed by atoms with Gasteiger partial charge in [-0.25, -0.2) is 0 Å². The molecule has 0 spiro atoms. The van der Waals surface area contributed by atoms with Crippen LogP contribution >= 0.6 is 0 Å². The molecular weight excluding hydrogens is 216 g/mol. The normalized spacial score (nSPS) is 14.0. The molecule has 4 nitrogen and oxygen atoms in total. The minimum absolute atomic E-state index is 0.0663. The molecule has 1 aliphatic heterocycles. The van der Waals surface area contributed by atoms with E-state index in [1.54, 1.807) is 18.0 Å². The Morgan fingerprint density at radius 2 is 2.24 bits per heavy atom. The number of nitrogens with one attached hydrogen (secondary N) is 1. The summed E-state index contributed by atoms with van der Waals surface area (Å²) in [5.41, 5.74) is 2.53. The lowest BCUT2D eigenvalue weighted by Crippen LogP contribution is -2.22. The largest absolute Gasteiger partial charge is 0.315 e. The van der Waals surface area contributed by atoms with Crippen molar-refractivity contribution in [1.29, 1.82) is 0 Å². The van der Waals surface area contributed by atoms with E-state index in [-0.39, 0.29) is 11.7 Å². The topological polar surface area (TPSA) is 49.4 Å². The van der Waals surface area contributed by atoms with Crippen molar-refractivity contribution in [3.8, 4) is 0 Å². The van der Waals surface area contributed by atoms with Gasteiger partial charge in [-0.15, -0.1) is 0 Å². The molecule has 0 aromatic heterocycles. The third-order valence-electron chi connectivity index (χ3n) is 3.01. The van der Waals surface area contributed by atoms with E-state index in [9.17, 15) is 9.59 Å². The maximum atomic E-state index is 11.8. The average molecular weight is 232 g/mol. The Kier molecular flexibility index (Phi) is 3.24. The van der Waals surface area contributed by atoms with Gasteiger partial charge in [0.15, 0.2) is 5.78 Å². The molecule has 0 radical (unpaired) electrons. The number of nitrogens with zero attached hydrogens (tertiary/aromatic N) is 1. The van der Waals surface area contributed by atoms with Gasteiger partial charge in [0, 0.05) is 18.3 Å². The highest BCUT2D eigenvalue weighted by atomic mass is 16.2. The molecule has 2 rings (SSSR count). The summed E-state index contributed by atoms with van der Waals surface area (Å²) in [7, 11) is 1.76. The van der Waals surface area contributed by atoms with Crippen molar-refractivity contribution in [2.45, 2.75) is 13.3 Å². The lowest BCUT2D eigenvalue weighted by Gasteiger charge is -2.10. The number of benzene rings is 1. The van der Waals surface area contributed by atoms with E-state index in [0.717, 1.165) is 17.8 Å². The number of carbonyl (C=O) groups is 2. The van der Waals surface area contributed by atoms with E-state index in [1.165, 1.54) is 0 Å². The molecule has 4 heteroatoms. The fourth-order valence-corrected chi connectivity index (χ4v) is 1.98. The van der Waals surface area contributed by atoms with Gasteiger partial charge in [-0.3, -0.25) is 9.59 Å². The van der Waals surface area contributed by atoms with E-state index >= 15 is 0 Å². The molecule has 1 amide bonds. The summed E-state index contributed by atoms with van der Waals surface area (Å²) in [6.07, 6.45) is 0.397. The maximum absolute atomic E-state index is 11.8. The first kappa shape index (κ1) is 11.8. The smallest absolute Gasteiger partial charge is 0.231 e. The highest BCUT2D eigenvalue weighted by molar-refractivity contribution is 6.03. The predicted octanol–water partition coefficient (Wildman–Crippen LogP) is 0.998. The quantitative estimate of drug-likeness (QED) is 0.788. The Morgan fingerprint density at radius 3 is 2.94 bits per heavy atom. The van der Waals surface area contributed by atoms with Crippen LogP contribution in [0.15, 0.2) is 18.2 Å². The van der Waals surface area contributed by atoms with Crippen LogP contribution in [0.5, 0.6) is 0 Å². The highest BCUT2D eigenvalue weighted by Gasteiger charge is 2.24. The highest BCUT2D eigenvalue weighted by Crippen LogP contribution is 2.28. The summed E-state index contributed by atoms with van der Waals surface area (Å²) in [5.74, 6) is 0.146. The summed E-state index contributed by atoms with van der Waals surface area (Å²) in [6.45, 7) is 3.08. The number of carbonyl (C=O) groups excluding carboxylic acids is 2. The van der Waals surface area contributed by atoms with Crippen molar-refractivity contribution in [2.75, 3.05) is 25.0 Å². The molecule has 90 valence electrons. The van der Waals surface area contributed by atoms with Crippen LogP contribution in [0.3, 0.4) is 0 Å². The van der Waals surface area contributed by atoms with Crippen molar-refractivity contribution in [1.82, 2.24) is 5.32 Å². The van der Waals surface area contributed by atoms with Gasteiger partial charge in [0.25, 0.3) is 0 Å². The average Bonchev–Trinajstić information content (AvgIpc) is 2.61. The zero-order valence-corrected chi connectivity index (χ0v) is 10.1. The first-order valence-corrected chi connectivity index (χ1v) is 5.77. The van der Waals surface area contributed by atoms with Gasteiger partial charge >= 0.3 is 0 Å². The van der Waals surface area contributed by atoms with Crippen LogP contribution in [0.1, 0.15) is 22.8 Å².